The fraction of sp³-hybridized carbons (Fsp3) is 0.176. The number of aromatic hydroxyl groups is 2. The fourth-order valence-corrected chi connectivity index (χ4v) is 2.00. The van der Waals surface area contributed by atoms with Gasteiger partial charge in [-0.05, 0) is 48.7 Å². The van der Waals surface area contributed by atoms with Crippen LogP contribution in [0.1, 0.15) is 24.0 Å². The molecule has 2 nitrogen and oxygen atoms in total. The molecule has 0 saturated heterocycles. The first-order valence-electron chi connectivity index (χ1n) is 6.18. The highest BCUT2D eigenvalue weighted by Crippen LogP contribution is 2.23. The summed E-state index contributed by atoms with van der Waals surface area (Å²) in [5.74, 6) is 6.76. The van der Waals surface area contributed by atoms with Gasteiger partial charge in [-0.15, -0.1) is 5.92 Å². The van der Waals surface area contributed by atoms with Gasteiger partial charge >= 0.3 is 0 Å². The number of hydrogen-bond acceptors (Lipinski definition) is 2. The molecule has 2 N–H and O–H groups in total. The highest BCUT2D eigenvalue weighted by Gasteiger charge is 2.09. The summed E-state index contributed by atoms with van der Waals surface area (Å²) in [5.41, 5.74) is 2.21. The van der Waals surface area contributed by atoms with Gasteiger partial charge in [0, 0.05) is 5.92 Å². The number of hydrogen-bond donors (Lipinski definition) is 2. The van der Waals surface area contributed by atoms with Crippen LogP contribution < -0.4 is 0 Å². The van der Waals surface area contributed by atoms with Crippen molar-refractivity contribution in [1.29, 1.82) is 0 Å². The summed E-state index contributed by atoms with van der Waals surface area (Å²) < 4.78 is 0. The van der Waals surface area contributed by atoms with Crippen LogP contribution in [0.3, 0.4) is 0 Å². The van der Waals surface area contributed by atoms with Crippen LogP contribution in [0.5, 0.6) is 11.5 Å². The minimum Gasteiger partial charge on any atom is -0.508 e. The molecule has 0 saturated carbocycles. The molecule has 0 unspecified atom stereocenters. The minimum atomic E-state index is 0.0927. The maximum absolute atomic E-state index is 9.32. The summed E-state index contributed by atoms with van der Waals surface area (Å²) in [6.07, 6.45) is 0.784. The van der Waals surface area contributed by atoms with E-state index in [1.807, 2.05) is 31.2 Å². The normalized spacial score (nSPS) is 11.4. The molecule has 96 valence electrons. The molecule has 0 aromatic heterocycles. The SMILES string of the molecule is CC#C[C@@H](Cc1ccc(O)cc1)c1ccc(O)cc1. The van der Waals surface area contributed by atoms with Gasteiger partial charge in [-0.2, -0.15) is 0 Å². The first-order valence-corrected chi connectivity index (χ1v) is 6.18. The lowest BCUT2D eigenvalue weighted by molar-refractivity contribution is 0.474. The van der Waals surface area contributed by atoms with Crippen LogP contribution in [0.2, 0.25) is 0 Å². The van der Waals surface area contributed by atoms with E-state index in [0.29, 0.717) is 0 Å². The van der Waals surface area contributed by atoms with Gasteiger partial charge in [-0.3, -0.25) is 0 Å². The lowest BCUT2D eigenvalue weighted by Gasteiger charge is -2.11. The Labute approximate surface area is 113 Å². The zero-order valence-electron chi connectivity index (χ0n) is 10.8. The van der Waals surface area contributed by atoms with E-state index < -0.39 is 0 Å². The second-order valence-electron chi connectivity index (χ2n) is 4.41. The maximum atomic E-state index is 9.32. The maximum Gasteiger partial charge on any atom is 0.115 e. The molecule has 0 bridgehead atoms. The quantitative estimate of drug-likeness (QED) is 0.821. The zero-order valence-corrected chi connectivity index (χ0v) is 10.8. The lowest BCUT2D eigenvalue weighted by Crippen LogP contribution is -2.00. The lowest BCUT2D eigenvalue weighted by atomic mass is 9.92. The Morgan fingerprint density at radius 3 is 1.95 bits per heavy atom. The van der Waals surface area contributed by atoms with Gasteiger partial charge < -0.3 is 10.2 Å². The van der Waals surface area contributed by atoms with Crippen molar-refractivity contribution in [1.82, 2.24) is 0 Å². The number of benzene rings is 2. The molecule has 2 heteroatoms. The average molecular weight is 252 g/mol. The molecule has 0 fully saturated rings. The molecule has 19 heavy (non-hydrogen) atoms. The molecular formula is C17H16O2. The molecule has 0 aliphatic carbocycles. The van der Waals surface area contributed by atoms with E-state index >= 15 is 0 Å². The Kier molecular flexibility index (Phi) is 4.10. The van der Waals surface area contributed by atoms with Crippen molar-refractivity contribution >= 4 is 0 Å². The van der Waals surface area contributed by atoms with E-state index in [4.69, 9.17) is 0 Å². The average Bonchev–Trinajstić information content (AvgIpc) is 2.42. The second kappa shape index (κ2) is 5.97. The van der Waals surface area contributed by atoms with Crippen molar-refractivity contribution in [2.45, 2.75) is 19.3 Å². The summed E-state index contributed by atoms with van der Waals surface area (Å²) >= 11 is 0. The summed E-state index contributed by atoms with van der Waals surface area (Å²) in [7, 11) is 0. The van der Waals surface area contributed by atoms with Crippen LogP contribution in [-0.2, 0) is 6.42 Å². The molecular weight excluding hydrogens is 236 g/mol. The van der Waals surface area contributed by atoms with Gasteiger partial charge in [0.05, 0.1) is 0 Å². The van der Waals surface area contributed by atoms with Crippen molar-refractivity contribution < 1.29 is 10.2 Å². The molecule has 0 radical (unpaired) electrons. The van der Waals surface area contributed by atoms with Crippen LogP contribution >= 0.6 is 0 Å². The molecule has 1 atom stereocenters. The third kappa shape index (κ3) is 3.53. The number of rotatable bonds is 3. The Hall–Kier alpha value is -2.40. The van der Waals surface area contributed by atoms with E-state index in [1.54, 1.807) is 24.3 Å². The molecule has 0 aliphatic rings. The first kappa shape index (κ1) is 13.0. The molecule has 2 rings (SSSR count). The summed E-state index contributed by atoms with van der Waals surface area (Å²) in [6, 6.07) is 14.3. The van der Waals surface area contributed by atoms with E-state index in [1.165, 1.54) is 0 Å². The summed E-state index contributed by atoms with van der Waals surface area (Å²) in [6.45, 7) is 1.82. The smallest absolute Gasteiger partial charge is 0.115 e. The Balaban J connectivity index is 2.22. The topological polar surface area (TPSA) is 40.5 Å². The monoisotopic (exact) mass is 252 g/mol. The van der Waals surface area contributed by atoms with E-state index in [-0.39, 0.29) is 17.4 Å². The third-order valence-electron chi connectivity index (χ3n) is 2.99. The third-order valence-corrected chi connectivity index (χ3v) is 2.99. The van der Waals surface area contributed by atoms with Gasteiger partial charge in [-0.25, -0.2) is 0 Å². The van der Waals surface area contributed by atoms with Crippen LogP contribution in [0.25, 0.3) is 0 Å². The largest absolute Gasteiger partial charge is 0.508 e. The van der Waals surface area contributed by atoms with E-state index in [2.05, 4.69) is 11.8 Å². The molecule has 2 aromatic rings. The van der Waals surface area contributed by atoms with E-state index in [0.717, 1.165) is 17.5 Å². The van der Waals surface area contributed by atoms with Gasteiger partial charge in [-0.1, -0.05) is 30.2 Å². The number of phenolic OH excluding ortho intramolecular Hbond substituents is 2. The predicted molar refractivity (Wildman–Crippen MR) is 76.1 cm³/mol. The fourth-order valence-electron chi connectivity index (χ4n) is 2.00. The number of phenols is 2. The van der Waals surface area contributed by atoms with Gasteiger partial charge in [0.25, 0.3) is 0 Å². The predicted octanol–water partition coefficient (Wildman–Crippen LogP) is 3.45. The van der Waals surface area contributed by atoms with E-state index in [9.17, 15) is 10.2 Å². The Morgan fingerprint density at radius 1 is 0.895 bits per heavy atom. The second-order valence-corrected chi connectivity index (χ2v) is 4.41. The van der Waals surface area contributed by atoms with Crippen LogP contribution in [0, 0.1) is 11.8 Å². The van der Waals surface area contributed by atoms with Gasteiger partial charge in [0.15, 0.2) is 0 Å². The molecule has 0 heterocycles. The van der Waals surface area contributed by atoms with Crippen molar-refractivity contribution in [3.8, 4) is 23.3 Å². The first-order chi connectivity index (χ1) is 9.19. The highest BCUT2D eigenvalue weighted by molar-refractivity contribution is 5.35. The van der Waals surface area contributed by atoms with Crippen molar-refractivity contribution in [2.75, 3.05) is 0 Å². The standard InChI is InChI=1S/C17H16O2/c1-2-3-15(14-6-10-17(19)11-7-14)12-13-4-8-16(18)9-5-13/h4-11,15,18-19H,12H2,1H3/t15-/m0/s1. The van der Waals surface area contributed by atoms with Crippen molar-refractivity contribution in [3.05, 3.63) is 59.7 Å². The van der Waals surface area contributed by atoms with Gasteiger partial charge in [0.1, 0.15) is 11.5 Å². The van der Waals surface area contributed by atoms with Crippen LogP contribution in [0.15, 0.2) is 48.5 Å². The Morgan fingerprint density at radius 2 is 1.42 bits per heavy atom. The van der Waals surface area contributed by atoms with Crippen LogP contribution in [0.4, 0.5) is 0 Å². The molecule has 0 amide bonds. The summed E-state index contributed by atoms with van der Waals surface area (Å²) in [4.78, 5) is 0. The molecule has 2 aromatic carbocycles. The highest BCUT2D eigenvalue weighted by atomic mass is 16.3. The molecule has 0 aliphatic heterocycles. The Bertz CT molecular complexity index is 586. The van der Waals surface area contributed by atoms with Crippen LogP contribution in [-0.4, -0.2) is 10.2 Å². The molecule has 0 spiro atoms. The van der Waals surface area contributed by atoms with Crippen molar-refractivity contribution in [2.24, 2.45) is 0 Å². The zero-order chi connectivity index (χ0) is 13.7. The minimum absolute atomic E-state index is 0.0927. The van der Waals surface area contributed by atoms with Crippen molar-refractivity contribution in [3.63, 3.8) is 0 Å². The summed E-state index contributed by atoms with van der Waals surface area (Å²) in [5, 5.41) is 18.6. The van der Waals surface area contributed by atoms with Gasteiger partial charge in [0.2, 0.25) is 0 Å².